The number of fused-ring (bicyclic) bond motifs is 1. The maximum Gasteiger partial charge on any atom is 0.221 e. The van der Waals surface area contributed by atoms with Crippen LogP contribution in [0.25, 0.3) is 11.0 Å². The van der Waals surface area contributed by atoms with E-state index < -0.39 is 0 Å². The molecule has 1 aromatic heterocycles. The Morgan fingerprint density at radius 2 is 2.10 bits per heavy atom. The fraction of sp³-hybridized carbons (Fsp3) is 0.462. The van der Waals surface area contributed by atoms with Crippen molar-refractivity contribution >= 4 is 28.3 Å². The predicted octanol–water partition coefficient (Wildman–Crippen LogP) is 1.38. The van der Waals surface area contributed by atoms with Crippen LogP contribution in [0.3, 0.4) is 0 Å². The first-order valence-corrected chi connectivity index (χ1v) is 6.59. The van der Waals surface area contributed by atoms with Crippen molar-refractivity contribution in [1.82, 2.24) is 15.6 Å². The zero-order valence-electron chi connectivity index (χ0n) is 11.6. The Kier molecular flexibility index (Phi) is 4.39. The van der Waals surface area contributed by atoms with Crippen molar-refractivity contribution in [2.24, 2.45) is 5.92 Å². The summed E-state index contributed by atoms with van der Waals surface area (Å²) in [5.41, 5.74) is 8.14. The Balaban J connectivity index is 1.89. The van der Waals surface area contributed by atoms with Gasteiger partial charge in [0.15, 0.2) is 11.0 Å². The minimum Gasteiger partial charge on any atom is -0.397 e. The molecule has 0 spiro atoms. The molecule has 0 aliphatic heterocycles. The number of benzene rings is 1. The van der Waals surface area contributed by atoms with Gasteiger partial charge in [0.2, 0.25) is 5.91 Å². The predicted molar refractivity (Wildman–Crippen MR) is 77.2 cm³/mol. The molecule has 0 bridgehead atoms. The maximum absolute atomic E-state index is 11.6. The lowest BCUT2D eigenvalue weighted by atomic mass is 10.2. The van der Waals surface area contributed by atoms with Crippen molar-refractivity contribution in [2.75, 3.05) is 24.1 Å². The van der Waals surface area contributed by atoms with Crippen molar-refractivity contribution < 1.29 is 9.42 Å². The molecule has 0 aliphatic carbocycles. The molecule has 20 heavy (non-hydrogen) atoms. The van der Waals surface area contributed by atoms with Crippen LogP contribution in [0.5, 0.6) is 0 Å². The van der Waals surface area contributed by atoms with Gasteiger partial charge < -0.3 is 16.4 Å². The number of rotatable bonds is 6. The van der Waals surface area contributed by atoms with E-state index in [1.165, 1.54) is 0 Å². The van der Waals surface area contributed by atoms with Crippen LogP contribution in [0, 0.1) is 5.92 Å². The summed E-state index contributed by atoms with van der Waals surface area (Å²) in [5, 5.41) is 13.6. The van der Waals surface area contributed by atoms with Crippen molar-refractivity contribution in [3.63, 3.8) is 0 Å². The molecule has 7 nitrogen and oxygen atoms in total. The highest BCUT2D eigenvalue weighted by atomic mass is 16.6. The van der Waals surface area contributed by atoms with E-state index in [0.717, 1.165) is 5.69 Å². The average Bonchev–Trinajstić information content (AvgIpc) is 2.89. The SMILES string of the molecule is CC(C)CNC(=O)CCNc1ccc(N)c2nonc12. The molecule has 2 rings (SSSR count). The molecule has 4 N–H and O–H groups in total. The number of carbonyl (C=O) groups excluding carboxylic acids is 1. The van der Waals surface area contributed by atoms with Crippen LogP contribution >= 0.6 is 0 Å². The first-order chi connectivity index (χ1) is 9.58. The monoisotopic (exact) mass is 277 g/mol. The van der Waals surface area contributed by atoms with Crippen LogP contribution in [-0.2, 0) is 4.79 Å². The molecule has 1 heterocycles. The fourth-order valence-corrected chi connectivity index (χ4v) is 1.75. The number of nitrogens with two attached hydrogens (primary N) is 1. The highest BCUT2D eigenvalue weighted by Gasteiger charge is 2.10. The van der Waals surface area contributed by atoms with Gasteiger partial charge in [-0.25, -0.2) is 4.63 Å². The first kappa shape index (κ1) is 14.1. The van der Waals surface area contributed by atoms with Gasteiger partial charge in [0.1, 0.15) is 0 Å². The van der Waals surface area contributed by atoms with Crippen molar-refractivity contribution in [1.29, 1.82) is 0 Å². The summed E-state index contributed by atoms with van der Waals surface area (Å²) in [4.78, 5) is 11.6. The summed E-state index contributed by atoms with van der Waals surface area (Å²) in [7, 11) is 0. The summed E-state index contributed by atoms with van der Waals surface area (Å²) >= 11 is 0. The molecule has 0 saturated carbocycles. The molecule has 0 saturated heterocycles. The molecule has 1 aromatic carbocycles. The molecule has 108 valence electrons. The smallest absolute Gasteiger partial charge is 0.221 e. The Morgan fingerprint density at radius 1 is 1.35 bits per heavy atom. The summed E-state index contributed by atoms with van der Waals surface area (Å²) < 4.78 is 4.68. The van der Waals surface area contributed by atoms with E-state index in [2.05, 4.69) is 39.4 Å². The quantitative estimate of drug-likeness (QED) is 0.689. The van der Waals surface area contributed by atoms with Crippen LogP contribution in [0.2, 0.25) is 0 Å². The van der Waals surface area contributed by atoms with E-state index in [1.807, 2.05) is 0 Å². The Labute approximate surface area is 116 Å². The number of nitrogens with zero attached hydrogens (tertiary/aromatic N) is 2. The molecule has 0 atom stereocenters. The standard InChI is InChI=1S/C13H19N5O2/c1-8(2)7-16-11(19)5-6-15-10-4-3-9(14)12-13(10)18-20-17-12/h3-4,8,15H,5-7,14H2,1-2H3,(H,16,19). The number of anilines is 2. The number of amides is 1. The second-order valence-corrected chi connectivity index (χ2v) is 5.04. The number of carbonyl (C=O) groups is 1. The van der Waals surface area contributed by atoms with Gasteiger partial charge in [-0.15, -0.1) is 0 Å². The van der Waals surface area contributed by atoms with Crippen LogP contribution < -0.4 is 16.4 Å². The maximum atomic E-state index is 11.6. The molecular formula is C13H19N5O2. The molecule has 0 unspecified atom stereocenters. The van der Waals surface area contributed by atoms with Crippen LogP contribution in [0.1, 0.15) is 20.3 Å². The Morgan fingerprint density at radius 3 is 2.85 bits per heavy atom. The van der Waals surface area contributed by atoms with Crippen LogP contribution in [0.15, 0.2) is 16.8 Å². The lowest BCUT2D eigenvalue weighted by Crippen LogP contribution is -2.28. The molecule has 0 radical (unpaired) electrons. The second-order valence-electron chi connectivity index (χ2n) is 5.04. The van der Waals surface area contributed by atoms with Gasteiger partial charge in [-0.2, -0.15) is 0 Å². The largest absolute Gasteiger partial charge is 0.397 e. The van der Waals surface area contributed by atoms with Gasteiger partial charge in [-0.1, -0.05) is 13.8 Å². The third kappa shape index (κ3) is 3.37. The molecule has 0 aliphatic rings. The number of aromatic nitrogens is 2. The number of nitrogens with one attached hydrogen (secondary N) is 2. The first-order valence-electron chi connectivity index (χ1n) is 6.59. The van der Waals surface area contributed by atoms with Crippen LogP contribution in [0.4, 0.5) is 11.4 Å². The highest BCUT2D eigenvalue weighted by Crippen LogP contribution is 2.24. The molecule has 7 heteroatoms. The second kappa shape index (κ2) is 6.23. The van der Waals surface area contributed by atoms with Crippen LogP contribution in [-0.4, -0.2) is 29.3 Å². The minimum absolute atomic E-state index is 0.0242. The zero-order valence-corrected chi connectivity index (χ0v) is 11.6. The summed E-state index contributed by atoms with van der Waals surface area (Å²) in [5.74, 6) is 0.473. The van der Waals surface area contributed by atoms with Gasteiger partial charge in [-0.3, -0.25) is 4.79 Å². The van der Waals surface area contributed by atoms with E-state index in [9.17, 15) is 4.79 Å². The summed E-state index contributed by atoms with van der Waals surface area (Å²) in [6.07, 6.45) is 0.393. The lowest BCUT2D eigenvalue weighted by molar-refractivity contribution is -0.120. The van der Waals surface area contributed by atoms with E-state index >= 15 is 0 Å². The Bertz CT molecular complexity index is 593. The zero-order chi connectivity index (χ0) is 14.5. The summed E-state index contributed by atoms with van der Waals surface area (Å²) in [6, 6.07) is 3.53. The molecule has 0 fully saturated rings. The van der Waals surface area contributed by atoms with Crippen molar-refractivity contribution in [3.05, 3.63) is 12.1 Å². The van der Waals surface area contributed by atoms with E-state index in [0.29, 0.717) is 42.1 Å². The molecular weight excluding hydrogens is 258 g/mol. The van der Waals surface area contributed by atoms with Gasteiger partial charge in [0, 0.05) is 19.5 Å². The molecule has 2 aromatic rings. The third-order valence-electron chi connectivity index (χ3n) is 2.82. The Hall–Kier alpha value is -2.31. The van der Waals surface area contributed by atoms with Crippen molar-refractivity contribution in [3.8, 4) is 0 Å². The van der Waals surface area contributed by atoms with Gasteiger partial charge in [0.05, 0.1) is 11.4 Å². The third-order valence-corrected chi connectivity index (χ3v) is 2.82. The van der Waals surface area contributed by atoms with Gasteiger partial charge >= 0.3 is 0 Å². The van der Waals surface area contributed by atoms with E-state index in [-0.39, 0.29) is 5.91 Å². The highest BCUT2D eigenvalue weighted by molar-refractivity contribution is 5.95. The van der Waals surface area contributed by atoms with Gasteiger partial charge in [-0.05, 0) is 28.4 Å². The normalized spacial score (nSPS) is 10.9. The molecule has 1 amide bonds. The number of hydrogen-bond donors (Lipinski definition) is 3. The van der Waals surface area contributed by atoms with Gasteiger partial charge in [0.25, 0.3) is 0 Å². The van der Waals surface area contributed by atoms with Crippen molar-refractivity contribution in [2.45, 2.75) is 20.3 Å². The van der Waals surface area contributed by atoms with E-state index in [1.54, 1.807) is 12.1 Å². The summed E-state index contributed by atoms with van der Waals surface area (Å²) in [6.45, 7) is 5.32. The topological polar surface area (TPSA) is 106 Å². The van der Waals surface area contributed by atoms with E-state index in [4.69, 9.17) is 5.73 Å². The number of nitrogen functional groups attached to an aromatic ring is 1. The fourth-order valence-electron chi connectivity index (χ4n) is 1.75. The average molecular weight is 277 g/mol. The minimum atomic E-state index is 0.0242. The number of hydrogen-bond acceptors (Lipinski definition) is 6. The lowest BCUT2D eigenvalue weighted by Gasteiger charge is -2.09.